The van der Waals surface area contributed by atoms with Crippen molar-refractivity contribution in [1.29, 1.82) is 0 Å². The Kier molecular flexibility index (Phi) is 1.60. The van der Waals surface area contributed by atoms with Crippen molar-refractivity contribution in [3.63, 3.8) is 0 Å². The first-order valence-electron chi connectivity index (χ1n) is 6.06. The maximum atomic E-state index is 12.3. The molecule has 4 aliphatic rings. The van der Waals surface area contributed by atoms with Crippen LogP contribution in [-0.4, -0.2) is 70.2 Å². The van der Waals surface area contributed by atoms with Gasteiger partial charge in [-0.25, -0.2) is 9.59 Å². The molecule has 4 heterocycles. The van der Waals surface area contributed by atoms with E-state index in [9.17, 15) is 9.59 Å². The van der Waals surface area contributed by atoms with Crippen LogP contribution >= 0.6 is 0 Å². The smallest absolute Gasteiger partial charge is 0.296 e. The summed E-state index contributed by atoms with van der Waals surface area (Å²) < 4.78 is 0. The lowest BCUT2D eigenvalue weighted by atomic mass is 10.1. The molecule has 6 heteroatoms. The molecule has 94 valence electrons. The molecule has 0 aromatic carbocycles. The minimum absolute atomic E-state index is 0.00537. The number of rotatable bonds is 0. The molecule has 0 atom stereocenters. The van der Waals surface area contributed by atoms with E-state index in [0.29, 0.717) is 26.2 Å². The quantitative estimate of drug-likeness (QED) is 0.575. The molecular weight excluding hydrogens is 232 g/mol. The molecule has 4 fully saturated rings. The van der Waals surface area contributed by atoms with Gasteiger partial charge in [0.1, 0.15) is 0 Å². The Morgan fingerprint density at radius 1 is 0.722 bits per heavy atom. The number of hydrogen-bond donors (Lipinski definition) is 0. The summed E-state index contributed by atoms with van der Waals surface area (Å²) in [5.41, 5.74) is 1.82. The molecule has 0 bridgehead atoms. The van der Waals surface area contributed by atoms with Crippen molar-refractivity contribution in [2.45, 2.75) is 12.3 Å². The van der Waals surface area contributed by atoms with Crippen LogP contribution in [0, 0.1) is 0 Å². The zero-order valence-electron chi connectivity index (χ0n) is 10.0. The second kappa shape index (κ2) is 2.88. The minimum atomic E-state index is -0.136. The Labute approximate surface area is 105 Å². The summed E-state index contributed by atoms with van der Waals surface area (Å²) in [5, 5.41) is 0. The zero-order valence-corrected chi connectivity index (χ0v) is 10.0. The summed E-state index contributed by atoms with van der Waals surface area (Å²) in [5.74, 6) is 0. The fourth-order valence-electron chi connectivity index (χ4n) is 3.47. The van der Waals surface area contributed by atoms with Crippen molar-refractivity contribution in [2.24, 2.45) is 0 Å². The van der Waals surface area contributed by atoms with Gasteiger partial charge in [0.05, 0.1) is 0 Å². The Bertz CT molecular complexity index is 432. The molecule has 0 N–H and O–H groups in total. The summed E-state index contributed by atoms with van der Waals surface area (Å²) in [7, 11) is 0. The summed E-state index contributed by atoms with van der Waals surface area (Å²) in [6.45, 7) is 10.1. The number of carbonyl (C=O) groups excluding carboxylic acids is 2. The predicted molar refractivity (Wildman–Crippen MR) is 63.5 cm³/mol. The largest absolute Gasteiger partial charge is 0.324 e. The van der Waals surface area contributed by atoms with Crippen molar-refractivity contribution in [3.05, 3.63) is 24.3 Å². The molecule has 0 aliphatic carbocycles. The lowest BCUT2D eigenvalue weighted by molar-refractivity contribution is 0.112. The highest BCUT2D eigenvalue weighted by Gasteiger charge is 2.61. The van der Waals surface area contributed by atoms with Crippen molar-refractivity contribution >= 4 is 12.1 Å². The van der Waals surface area contributed by atoms with Crippen molar-refractivity contribution in [3.8, 4) is 0 Å². The maximum Gasteiger partial charge on any atom is 0.324 e. The molecule has 4 amide bonds. The number of urea groups is 2. The molecule has 4 rings (SSSR count). The minimum Gasteiger partial charge on any atom is -0.296 e. The molecule has 6 nitrogen and oxygen atoms in total. The van der Waals surface area contributed by atoms with Gasteiger partial charge in [0.15, 0.2) is 12.3 Å². The highest BCUT2D eigenvalue weighted by molar-refractivity contribution is 5.87. The van der Waals surface area contributed by atoms with E-state index in [0.717, 1.165) is 11.1 Å². The van der Waals surface area contributed by atoms with E-state index in [4.69, 9.17) is 0 Å². The van der Waals surface area contributed by atoms with Crippen molar-refractivity contribution in [2.75, 3.05) is 26.2 Å². The fraction of sp³-hybridized carbons (Fsp3) is 0.500. The Morgan fingerprint density at radius 2 is 1.00 bits per heavy atom. The third-order valence-electron chi connectivity index (χ3n) is 4.10. The van der Waals surface area contributed by atoms with Gasteiger partial charge < -0.3 is 0 Å². The first-order valence-corrected chi connectivity index (χ1v) is 6.06. The van der Waals surface area contributed by atoms with E-state index in [1.165, 1.54) is 0 Å². The van der Waals surface area contributed by atoms with E-state index in [-0.39, 0.29) is 24.4 Å². The standard InChI is InChI=1S/C12H14N4O2/c1-7-3-13-9-10-15(11(13)17)5-8(2)6-16(10)12(18)14(9)4-7/h9-10H,1-6H2. The van der Waals surface area contributed by atoms with Crippen LogP contribution < -0.4 is 0 Å². The summed E-state index contributed by atoms with van der Waals surface area (Å²) >= 11 is 0. The van der Waals surface area contributed by atoms with E-state index >= 15 is 0 Å². The average Bonchev–Trinajstić information content (AvgIpc) is 2.75. The number of carbonyl (C=O) groups is 2. The lowest BCUT2D eigenvalue weighted by Gasteiger charge is -2.36. The average molecular weight is 246 g/mol. The van der Waals surface area contributed by atoms with Crippen LogP contribution in [0.4, 0.5) is 9.59 Å². The molecule has 0 unspecified atom stereocenters. The molecular formula is C12H14N4O2. The van der Waals surface area contributed by atoms with Crippen molar-refractivity contribution in [1.82, 2.24) is 19.6 Å². The van der Waals surface area contributed by atoms with E-state index in [1.807, 2.05) is 0 Å². The van der Waals surface area contributed by atoms with E-state index < -0.39 is 0 Å². The number of amides is 4. The van der Waals surface area contributed by atoms with Crippen LogP contribution in [0.15, 0.2) is 24.3 Å². The highest BCUT2D eigenvalue weighted by Crippen LogP contribution is 2.40. The van der Waals surface area contributed by atoms with Gasteiger partial charge in [0, 0.05) is 26.2 Å². The molecule has 0 radical (unpaired) electrons. The molecule has 0 aromatic heterocycles. The van der Waals surface area contributed by atoms with Crippen LogP contribution in [0.1, 0.15) is 0 Å². The maximum absolute atomic E-state index is 12.3. The fourth-order valence-corrected chi connectivity index (χ4v) is 3.47. The highest BCUT2D eigenvalue weighted by atomic mass is 16.2. The van der Waals surface area contributed by atoms with Gasteiger partial charge in [-0.15, -0.1) is 0 Å². The molecule has 18 heavy (non-hydrogen) atoms. The van der Waals surface area contributed by atoms with Gasteiger partial charge in [-0.1, -0.05) is 13.2 Å². The van der Waals surface area contributed by atoms with Crippen molar-refractivity contribution < 1.29 is 9.59 Å². The van der Waals surface area contributed by atoms with Gasteiger partial charge in [-0.3, -0.25) is 19.6 Å². The third kappa shape index (κ3) is 0.950. The van der Waals surface area contributed by atoms with Crippen LogP contribution in [0.2, 0.25) is 0 Å². The first kappa shape index (κ1) is 9.99. The first-order chi connectivity index (χ1) is 8.58. The third-order valence-corrected chi connectivity index (χ3v) is 4.10. The van der Waals surface area contributed by atoms with Crippen LogP contribution in [-0.2, 0) is 0 Å². The molecule has 0 saturated carbocycles. The van der Waals surface area contributed by atoms with Gasteiger partial charge in [-0.2, -0.15) is 0 Å². The number of nitrogens with zero attached hydrogens (tertiary/aromatic N) is 4. The summed E-state index contributed by atoms with van der Waals surface area (Å²) in [6.07, 6.45) is -0.271. The molecule has 4 aliphatic heterocycles. The predicted octanol–water partition coefficient (Wildman–Crippen LogP) is 0.253. The van der Waals surface area contributed by atoms with Crippen LogP contribution in [0.5, 0.6) is 0 Å². The summed E-state index contributed by atoms with van der Waals surface area (Å²) in [4.78, 5) is 31.7. The monoisotopic (exact) mass is 246 g/mol. The van der Waals surface area contributed by atoms with E-state index in [1.54, 1.807) is 19.6 Å². The molecule has 4 saturated heterocycles. The second-order valence-electron chi connectivity index (χ2n) is 5.40. The zero-order chi connectivity index (χ0) is 12.6. The normalized spacial score (nSPS) is 33.8. The van der Waals surface area contributed by atoms with Gasteiger partial charge in [0.25, 0.3) is 0 Å². The SMILES string of the molecule is C=C1CN2C(=O)N3CC(=C)CN4C(=O)N(C1)C2C34. The van der Waals surface area contributed by atoms with Gasteiger partial charge in [0.2, 0.25) is 0 Å². The Hall–Kier alpha value is -1.98. The second-order valence-corrected chi connectivity index (χ2v) is 5.40. The van der Waals surface area contributed by atoms with Crippen LogP contribution in [0.25, 0.3) is 0 Å². The molecule has 0 spiro atoms. The van der Waals surface area contributed by atoms with Gasteiger partial charge >= 0.3 is 12.1 Å². The van der Waals surface area contributed by atoms with Crippen LogP contribution in [0.3, 0.4) is 0 Å². The van der Waals surface area contributed by atoms with E-state index in [2.05, 4.69) is 13.2 Å². The summed E-state index contributed by atoms with van der Waals surface area (Å²) in [6, 6.07) is -0.0107. The lowest BCUT2D eigenvalue weighted by Crippen LogP contribution is -2.53. The topological polar surface area (TPSA) is 47.1 Å². The molecule has 0 aromatic rings. The Morgan fingerprint density at radius 3 is 1.28 bits per heavy atom. The van der Waals surface area contributed by atoms with Gasteiger partial charge in [-0.05, 0) is 11.1 Å². The Balaban J connectivity index is 1.84. The number of hydrogen-bond acceptors (Lipinski definition) is 2.